The number of hydrogen-bond acceptors (Lipinski definition) is 6. The summed E-state index contributed by atoms with van der Waals surface area (Å²) in [6, 6.07) is 0. The van der Waals surface area contributed by atoms with Gasteiger partial charge in [0, 0.05) is 22.4 Å². The third kappa shape index (κ3) is 3.42. The standard InChI is InChI=1S/C17H23N3O2S2/c1-5-10-9-23-15(19-10)13-11-6-7-20(8-12(11)24-14(13)18)16(21)22-17(2,3)4/h9H,5-8,18H2,1-4H3. The van der Waals surface area contributed by atoms with E-state index in [1.165, 1.54) is 5.56 Å². The minimum atomic E-state index is -0.478. The maximum Gasteiger partial charge on any atom is 0.410 e. The van der Waals surface area contributed by atoms with Crippen LogP contribution in [0.4, 0.5) is 9.80 Å². The second kappa shape index (κ2) is 6.37. The summed E-state index contributed by atoms with van der Waals surface area (Å²) < 4.78 is 5.48. The van der Waals surface area contributed by atoms with E-state index < -0.39 is 5.60 Å². The fourth-order valence-electron chi connectivity index (χ4n) is 2.73. The Hall–Kier alpha value is -1.60. The van der Waals surface area contributed by atoms with E-state index in [1.54, 1.807) is 27.6 Å². The molecule has 0 saturated carbocycles. The van der Waals surface area contributed by atoms with Crippen molar-refractivity contribution in [1.29, 1.82) is 0 Å². The minimum Gasteiger partial charge on any atom is -0.444 e. The molecule has 24 heavy (non-hydrogen) atoms. The van der Waals surface area contributed by atoms with E-state index in [0.29, 0.717) is 13.1 Å². The number of rotatable bonds is 2. The number of nitrogens with two attached hydrogens (primary N) is 1. The molecule has 7 heteroatoms. The van der Waals surface area contributed by atoms with Crippen molar-refractivity contribution in [2.24, 2.45) is 0 Å². The fraction of sp³-hybridized carbons (Fsp3) is 0.529. The molecule has 130 valence electrons. The normalized spacial score (nSPS) is 14.6. The zero-order valence-corrected chi connectivity index (χ0v) is 16.1. The molecule has 0 atom stereocenters. The zero-order valence-electron chi connectivity index (χ0n) is 14.5. The Morgan fingerprint density at radius 1 is 1.46 bits per heavy atom. The van der Waals surface area contributed by atoms with Crippen molar-refractivity contribution in [1.82, 2.24) is 9.88 Å². The van der Waals surface area contributed by atoms with Gasteiger partial charge in [-0.2, -0.15) is 0 Å². The molecule has 0 aliphatic carbocycles. The van der Waals surface area contributed by atoms with E-state index in [0.717, 1.165) is 39.0 Å². The molecule has 3 rings (SSSR count). The first-order valence-electron chi connectivity index (χ1n) is 8.11. The molecule has 2 aromatic heterocycles. The molecular weight excluding hydrogens is 342 g/mol. The first-order chi connectivity index (χ1) is 11.3. The molecule has 2 aromatic rings. The summed E-state index contributed by atoms with van der Waals surface area (Å²) in [6.07, 6.45) is 1.46. The number of carbonyl (C=O) groups is 1. The molecule has 1 amide bonds. The number of aryl methyl sites for hydroxylation is 1. The lowest BCUT2D eigenvalue weighted by molar-refractivity contribution is 0.0227. The zero-order chi connectivity index (χ0) is 17.5. The van der Waals surface area contributed by atoms with Crippen LogP contribution in [-0.4, -0.2) is 28.1 Å². The van der Waals surface area contributed by atoms with E-state index in [9.17, 15) is 4.79 Å². The lowest BCUT2D eigenvalue weighted by Gasteiger charge is -2.30. The predicted octanol–water partition coefficient (Wildman–Crippen LogP) is 4.31. The number of thiophene rings is 1. The van der Waals surface area contributed by atoms with Gasteiger partial charge in [0.15, 0.2) is 0 Å². The first-order valence-corrected chi connectivity index (χ1v) is 9.80. The van der Waals surface area contributed by atoms with Crippen LogP contribution >= 0.6 is 22.7 Å². The largest absolute Gasteiger partial charge is 0.444 e. The van der Waals surface area contributed by atoms with Gasteiger partial charge in [-0.1, -0.05) is 6.92 Å². The van der Waals surface area contributed by atoms with Crippen LogP contribution < -0.4 is 5.73 Å². The number of carbonyl (C=O) groups excluding carboxylic acids is 1. The molecule has 2 N–H and O–H groups in total. The molecule has 0 saturated heterocycles. The van der Waals surface area contributed by atoms with Crippen LogP contribution in [0.1, 0.15) is 43.8 Å². The number of hydrogen-bond donors (Lipinski definition) is 1. The van der Waals surface area contributed by atoms with Gasteiger partial charge in [-0.3, -0.25) is 0 Å². The molecule has 0 spiro atoms. The van der Waals surface area contributed by atoms with Crippen molar-refractivity contribution >= 4 is 33.8 Å². The van der Waals surface area contributed by atoms with E-state index in [-0.39, 0.29) is 6.09 Å². The predicted molar refractivity (Wildman–Crippen MR) is 99.6 cm³/mol. The number of ether oxygens (including phenoxy) is 1. The molecule has 1 aliphatic heterocycles. The smallest absolute Gasteiger partial charge is 0.410 e. The summed E-state index contributed by atoms with van der Waals surface area (Å²) in [5.41, 5.74) is 9.22. The fourth-order valence-corrected chi connectivity index (χ4v) is 4.91. The maximum atomic E-state index is 12.3. The summed E-state index contributed by atoms with van der Waals surface area (Å²) >= 11 is 3.21. The quantitative estimate of drug-likeness (QED) is 0.861. The van der Waals surface area contributed by atoms with Crippen molar-refractivity contribution in [3.8, 4) is 10.6 Å². The number of nitrogens with zero attached hydrogens (tertiary/aromatic N) is 2. The Labute approximate surface area is 150 Å². The lowest BCUT2D eigenvalue weighted by Crippen LogP contribution is -2.39. The second-order valence-electron chi connectivity index (χ2n) is 6.89. The SMILES string of the molecule is CCc1csc(-c2c(N)sc3c2CCN(C(=O)OC(C)(C)C)C3)n1. The number of thiazole rings is 1. The van der Waals surface area contributed by atoms with Crippen LogP contribution in [0.5, 0.6) is 0 Å². The molecule has 0 fully saturated rings. The molecule has 1 aliphatic rings. The Balaban J connectivity index is 1.84. The second-order valence-corrected chi connectivity index (χ2v) is 8.89. The van der Waals surface area contributed by atoms with E-state index >= 15 is 0 Å². The van der Waals surface area contributed by atoms with Gasteiger partial charge in [0.25, 0.3) is 0 Å². The summed E-state index contributed by atoms with van der Waals surface area (Å²) in [7, 11) is 0. The van der Waals surface area contributed by atoms with E-state index in [1.807, 2.05) is 20.8 Å². The van der Waals surface area contributed by atoms with Crippen LogP contribution in [0.15, 0.2) is 5.38 Å². The number of aromatic nitrogens is 1. The van der Waals surface area contributed by atoms with Gasteiger partial charge in [-0.05, 0) is 39.2 Å². The highest BCUT2D eigenvalue weighted by Gasteiger charge is 2.30. The minimum absolute atomic E-state index is 0.260. The molecule has 0 aromatic carbocycles. The Bertz CT molecular complexity index is 758. The van der Waals surface area contributed by atoms with Crippen LogP contribution in [0, 0.1) is 0 Å². The highest BCUT2D eigenvalue weighted by molar-refractivity contribution is 7.18. The highest BCUT2D eigenvalue weighted by Crippen LogP contribution is 2.42. The monoisotopic (exact) mass is 365 g/mol. The topological polar surface area (TPSA) is 68.5 Å². The van der Waals surface area contributed by atoms with E-state index in [4.69, 9.17) is 10.5 Å². The van der Waals surface area contributed by atoms with Gasteiger partial charge in [-0.25, -0.2) is 9.78 Å². The third-order valence-electron chi connectivity index (χ3n) is 3.86. The first kappa shape index (κ1) is 17.2. The highest BCUT2D eigenvalue weighted by atomic mass is 32.1. The molecule has 0 bridgehead atoms. The average molecular weight is 366 g/mol. The van der Waals surface area contributed by atoms with Crippen LogP contribution in [0.3, 0.4) is 0 Å². The lowest BCUT2D eigenvalue weighted by atomic mass is 10.0. The van der Waals surface area contributed by atoms with E-state index in [2.05, 4.69) is 17.3 Å². The van der Waals surface area contributed by atoms with Gasteiger partial charge < -0.3 is 15.4 Å². The number of fused-ring (bicyclic) bond motifs is 1. The summed E-state index contributed by atoms with van der Waals surface area (Å²) in [5, 5.41) is 3.88. The van der Waals surface area contributed by atoms with Gasteiger partial charge in [0.2, 0.25) is 0 Å². The van der Waals surface area contributed by atoms with Crippen molar-refractivity contribution < 1.29 is 9.53 Å². The van der Waals surface area contributed by atoms with Gasteiger partial charge in [0.1, 0.15) is 10.6 Å². The molecule has 0 unspecified atom stereocenters. The summed E-state index contributed by atoms with van der Waals surface area (Å²) in [4.78, 5) is 19.9. The molecule has 5 nitrogen and oxygen atoms in total. The van der Waals surface area contributed by atoms with Crippen LogP contribution in [0.25, 0.3) is 10.6 Å². The van der Waals surface area contributed by atoms with Crippen LogP contribution in [0.2, 0.25) is 0 Å². The van der Waals surface area contributed by atoms with Crippen molar-refractivity contribution in [3.63, 3.8) is 0 Å². The number of nitrogen functional groups attached to an aromatic ring is 1. The Morgan fingerprint density at radius 3 is 2.83 bits per heavy atom. The van der Waals surface area contributed by atoms with Crippen molar-refractivity contribution in [3.05, 3.63) is 21.5 Å². The van der Waals surface area contributed by atoms with Crippen molar-refractivity contribution in [2.45, 2.75) is 52.7 Å². The Kier molecular flexibility index (Phi) is 4.57. The maximum absolute atomic E-state index is 12.3. The number of anilines is 1. The third-order valence-corrected chi connectivity index (χ3v) is 5.82. The van der Waals surface area contributed by atoms with Crippen LogP contribution in [-0.2, 0) is 24.1 Å². The van der Waals surface area contributed by atoms with Gasteiger partial charge in [0.05, 0.1) is 17.2 Å². The van der Waals surface area contributed by atoms with Gasteiger partial charge in [-0.15, -0.1) is 22.7 Å². The summed E-state index contributed by atoms with van der Waals surface area (Å²) in [5.74, 6) is 0. The molecule has 3 heterocycles. The van der Waals surface area contributed by atoms with Crippen molar-refractivity contribution in [2.75, 3.05) is 12.3 Å². The number of amides is 1. The Morgan fingerprint density at radius 2 is 2.21 bits per heavy atom. The molecule has 0 radical (unpaired) electrons. The average Bonchev–Trinajstić information content (AvgIpc) is 3.07. The summed E-state index contributed by atoms with van der Waals surface area (Å²) in [6.45, 7) is 8.96. The molecular formula is C17H23N3O2S2. The van der Waals surface area contributed by atoms with Gasteiger partial charge >= 0.3 is 6.09 Å².